The van der Waals surface area contributed by atoms with Gasteiger partial charge in [-0.15, -0.1) is 0 Å². The Morgan fingerprint density at radius 1 is 1.07 bits per heavy atom. The van der Waals surface area contributed by atoms with E-state index in [9.17, 15) is 13.2 Å². The molecule has 5 nitrogen and oxygen atoms in total. The van der Waals surface area contributed by atoms with Crippen LogP contribution in [-0.2, 0) is 21.2 Å². The fraction of sp³-hybridized carbons (Fsp3) is 0.381. The van der Waals surface area contributed by atoms with E-state index in [1.165, 1.54) is 17.7 Å². The summed E-state index contributed by atoms with van der Waals surface area (Å²) in [6, 6.07) is 15.3. The van der Waals surface area contributed by atoms with E-state index in [1.54, 1.807) is 30.0 Å². The van der Waals surface area contributed by atoms with Crippen molar-refractivity contribution in [2.75, 3.05) is 12.0 Å². The third-order valence-electron chi connectivity index (χ3n) is 4.45. The minimum atomic E-state index is -3.75. The van der Waals surface area contributed by atoms with Crippen LogP contribution in [0.4, 0.5) is 0 Å². The van der Waals surface area contributed by atoms with Gasteiger partial charge in [0, 0.05) is 10.5 Å². The molecule has 2 atom stereocenters. The van der Waals surface area contributed by atoms with Gasteiger partial charge in [0.15, 0.2) is 0 Å². The molecule has 1 amide bonds. The van der Waals surface area contributed by atoms with Crippen LogP contribution in [0.1, 0.15) is 25.3 Å². The molecule has 0 fully saturated rings. The second kappa shape index (κ2) is 11.7. The highest BCUT2D eigenvalue weighted by Crippen LogP contribution is 2.13. The van der Waals surface area contributed by atoms with Crippen LogP contribution in [0, 0.1) is 0 Å². The molecular formula is C21H27BrN2O3S2. The van der Waals surface area contributed by atoms with Crippen LogP contribution in [0.2, 0.25) is 0 Å². The number of rotatable bonds is 11. The molecule has 2 aromatic rings. The van der Waals surface area contributed by atoms with Crippen LogP contribution in [0.25, 0.3) is 0 Å². The predicted octanol–water partition coefficient (Wildman–Crippen LogP) is 3.99. The standard InChI is InChI=1S/C21H27BrN2O3S2/c1-16(8-9-17-10-12-18(22)13-11-17)23-21(25)20(14-15-28-2)24-29(26,27)19-6-4-3-5-7-19/h3-7,10-13,16,20,24H,8-9,14-15H2,1-2H3,(H,23,25). The van der Waals surface area contributed by atoms with Crippen LogP contribution in [0.15, 0.2) is 64.0 Å². The zero-order chi connectivity index (χ0) is 21.3. The first-order valence-corrected chi connectivity index (χ1v) is 13.1. The smallest absolute Gasteiger partial charge is 0.241 e. The minimum absolute atomic E-state index is 0.0656. The first-order valence-electron chi connectivity index (χ1n) is 9.43. The normalized spacial score (nSPS) is 13.6. The first-order chi connectivity index (χ1) is 13.8. The summed E-state index contributed by atoms with van der Waals surface area (Å²) in [5.74, 6) is 0.393. The van der Waals surface area contributed by atoms with Gasteiger partial charge in [-0.3, -0.25) is 4.79 Å². The van der Waals surface area contributed by atoms with Crippen molar-refractivity contribution >= 4 is 43.6 Å². The van der Waals surface area contributed by atoms with Crippen molar-refractivity contribution in [3.8, 4) is 0 Å². The Labute approximate surface area is 186 Å². The van der Waals surface area contributed by atoms with Crippen molar-refractivity contribution in [1.82, 2.24) is 10.0 Å². The molecule has 0 saturated heterocycles. The van der Waals surface area contributed by atoms with Gasteiger partial charge in [-0.05, 0) is 68.0 Å². The molecular weight excluding hydrogens is 472 g/mol. The van der Waals surface area contributed by atoms with Crippen molar-refractivity contribution in [3.05, 3.63) is 64.6 Å². The molecule has 2 unspecified atom stereocenters. The van der Waals surface area contributed by atoms with Crippen molar-refractivity contribution in [1.29, 1.82) is 0 Å². The van der Waals surface area contributed by atoms with Gasteiger partial charge in [0.2, 0.25) is 15.9 Å². The second-order valence-corrected chi connectivity index (χ2v) is 10.5. The van der Waals surface area contributed by atoms with Crippen LogP contribution >= 0.6 is 27.7 Å². The maximum absolute atomic E-state index is 12.8. The Bertz CT molecular complexity index is 875. The van der Waals surface area contributed by atoms with Crippen LogP contribution in [0.3, 0.4) is 0 Å². The van der Waals surface area contributed by atoms with Gasteiger partial charge in [-0.2, -0.15) is 16.5 Å². The van der Waals surface area contributed by atoms with E-state index in [4.69, 9.17) is 0 Å². The summed E-state index contributed by atoms with van der Waals surface area (Å²) in [6.07, 6.45) is 3.97. The largest absolute Gasteiger partial charge is 0.352 e. The third-order valence-corrected chi connectivity index (χ3v) is 7.11. The van der Waals surface area contributed by atoms with Crippen LogP contribution < -0.4 is 10.0 Å². The molecule has 0 radical (unpaired) electrons. The monoisotopic (exact) mass is 498 g/mol. The average molecular weight is 499 g/mol. The lowest BCUT2D eigenvalue weighted by Gasteiger charge is -2.21. The molecule has 2 N–H and O–H groups in total. The minimum Gasteiger partial charge on any atom is -0.352 e. The Morgan fingerprint density at radius 3 is 2.34 bits per heavy atom. The Kier molecular flexibility index (Phi) is 9.68. The summed E-state index contributed by atoms with van der Waals surface area (Å²) >= 11 is 5.00. The van der Waals surface area contributed by atoms with Gasteiger partial charge >= 0.3 is 0 Å². The number of halogens is 1. The maximum Gasteiger partial charge on any atom is 0.241 e. The fourth-order valence-corrected chi connectivity index (χ4v) is 4.77. The predicted molar refractivity (Wildman–Crippen MR) is 124 cm³/mol. The van der Waals surface area contributed by atoms with E-state index in [0.717, 1.165) is 17.3 Å². The van der Waals surface area contributed by atoms with E-state index in [1.807, 2.05) is 37.4 Å². The molecule has 0 aromatic heterocycles. The summed E-state index contributed by atoms with van der Waals surface area (Å²) in [5.41, 5.74) is 1.19. The van der Waals surface area contributed by atoms with Crippen molar-refractivity contribution in [2.45, 2.75) is 43.2 Å². The molecule has 0 spiro atoms. The molecule has 0 aliphatic rings. The number of aryl methyl sites for hydroxylation is 1. The van der Waals surface area contributed by atoms with E-state index >= 15 is 0 Å². The third kappa shape index (κ3) is 8.12. The SMILES string of the molecule is CSCCC(NS(=O)(=O)c1ccccc1)C(=O)NC(C)CCc1ccc(Br)cc1. The summed E-state index contributed by atoms with van der Waals surface area (Å²) in [5, 5.41) is 2.96. The summed E-state index contributed by atoms with van der Waals surface area (Å²) in [7, 11) is -3.75. The second-order valence-electron chi connectivity index (χ2n) is 6.84. The number of thioether (sulfide) groups is 1. The number of benzene rings is 2. The molecule has 0 aliphatic carbocycles. The maximum atomic E-state index is 12.8. The quantitative estimate of drug-likeness (QED) is 0.491. The Balaban J connectivity index is 1.97. The van der Waals surface area contributed by atoms with Crippen molar-refractivity contribution < 1.29 is 13.2 Å². The van der Waals surface area contributed by atoms with Crippen molar-refractivity contribution in [3.63, 3.8) is 0 Å². The molecule has 2 aromatic carbocycles. The fourth-order valence-electron chi connectivity index (χ4n) is 2.78. The van der Waals surface area contributed by atoms with Gasteiger partial charge in [0.25, 0.3) is 0 Å². The number of sulfonamides is 1. The lowest BCUT2D eigenvalue weighted by Crippen LogP contribution is -2.49. The highest BCUT2D eigenvalue weighted by Gasteiger charge is 2.26. The number of hydrogen-bond donors (Lipinski definition) is 2. The number of amides is 1. The molecule has 0 bridgehead atoms. The van der Waals surface area contributed by atoms with Gasteiger partial charge in [-0.25, -0.2) is 8.42 Å². The molecule has 2 rings (SSSR count). The average Bonchev–Trinajstić information content (AvgIpc) is 2.71. The molecule has 29 heavy (non-hydrogen) atoms. The van der Waals surface area contributed by atoms with E-state index in [0.29, 0.717) is 12.2 Å². The van der Waals surface area contributed by atoms with E-state index < -0.39 is 16.1 Å². The molecule has 0 heterocycles. The summed E-state index contributed by atoms with van der Waals surface area (Å²) < 4.78 is 28.9. The lowest BCUT2D eigenvalue weighted by molar-refractivity contribution is -0.123. The topological polar surface area (TPSA) is 75.3 Å². The molecule has 0 aliphatic heterocycles. The van der Waals surface area contributed by atoms with E-state index in [2.05, 4.69) is 26.0 Å². The summed E-state index contributed by atoms with van der Waals surface area (Å²) in [6.45, 7) is 1.94. The van der Waals surface area contributed by atoms with Gasteiger partial charge in [0.05, 0.1) is 4.90 Å². The molecule has 158 valence electrons. The molecule has 0 saturated carbocycles. The molecule has 8 heteroatoms. The Hall–Kier alpha value is -1.35. The highest BCUT2D eigenvalue weighted by atomic mass is 79.9. The number of carbonyl (C=O) groups is 1. The van der Waals surface area contributed by atoms with E-state index in [-0.39, 0.29) is 16.8 Å². The zero-order valence-corrected chi connectivity index (χ0v) is 19.8. The number of carbonyl (C=O) groups excluding carboxylic acids is 1. The zero-order valence-electron chi connectivity index (χ0n) is 16.6. The van der Waals surface area contributed by atoms with Crippen LogP contribution in [-0.4, -0.2) is 38.4 Å². The van der Waals surface area contributed by atoms with Crippen LogP contribution in [0.5, 0.6) is 0 Å². The van der Waals surface area contributed by atoms with Gasteiger partial charge in [-0.1, -0.05) is 46.3 Å². The van der Waals surface area contributed by atoms with Gasteiger partial charge in [0.1, 0.15) is 6.04 Å². The van der Waals surface area contributed by atoms with Crippen molar-refractivity contribution in [2.24, 2.45) is 0 Å². The summed E-state index contributed by atoms with van der Waals surface area (Å²) in [4.78, 5) is 12.9. The highest BCUT2D eigenvalue weighted by molar-refractivity contribution is 9.10. The number of hydrogen-bond acceptors (Lipinski definition) is 4. The first kappa shape index (κ1) is 23.9. The lowest BCUT2D eigenvalue weighted by atomic mass is 10.1. The van der Waals surface area contributed by atoms with Gasteiger partial charge < -0.3 is 5.32 Å². The number of nitrogens with one attached hydrogen (secondary N) is 2. The Morgan fingerprint density at radius 2 is 1.72 bits per heavy atom.